The van der Waals surface area contributed by atoms with E-state index in [2.05, 4.69) is 16.0 Å². The van der Waals surface area contributed by atoms with Crippen LogP contribution in [0.2, 0.25) is 0 Å². The Morgan fingerprint density at radius 3 is 2.16 bits per heavy atom. The number of aliphatic hydroxyl groups is 4. The number of rotatable bonds is 15. The highest BCUT2D eigenvalue weighted by Crippen LogP contribution is 2.43. The second kappa shape index (κ2) is 23.2. The lowest BCUT2D eigenvalue weighted by atomic mass is 9.75. The first-order valence-electron chi connectivity index (χ1n) is 23.8. The third kappa shape index (κ3) is 12.7. The number of hydrogen-bond acceptors (Lipinski definition) is 16. The number of nitrogens with one attached hydrogen (secondary N) is 3. The van der Waals surface area contributed by atoms with Gasteiger partial charge in [-0.1, -0.05) is 27.7 Å². The fourth-order valence-corrected chi connectivity index (χ4v) is 10.1. The maximum Gasteiger partial charge on any atom is 0.311 e. The summed E-state index contributed by atoms with van der Waals surface area (Å²) in [5.41, 5.74) is -6.00. The zero-order valence-electron chi connectivity index (χ0n) is 41.2. The molecule has 16 heteroatoms. The molecule has 3 fully saturated rings. The Labute approximate surface area is 383 Å². The minimum Gasteiger partial charge on any atom is -0.494 e. The molecule has 3 heterocycles. The van der Waals surface area contributed by atoms with Gasteiger partial charge in [0.1, 0.15) is 40.5 Å². The molecule has 3 aliphatic rings. The van der Waals surface area contributed by atoms with E-state index in [4.69, 9.17) is 37.9 Å². The summed E-state index contributed by atoms with van der Waals surface area (Å²) in [7, 11) is 3.41. The number of esters is 1. The lowest BCUT2D eigenvalue weighted by molar-refractivity contribution is -0.335. The van der Waals surface area contributed by atoms with Crippen LogP contribution in [-0.4, -0.2) is 157 Å². The van der Waals surface area contributed by atoms with Crippen molar-refractivity contribution in [1.29, 1.82) is 0 Å². The molecular formula is C48H85N3O13. The summed E-state index contributed by atoms with van der Waals surface area (Å²) >= 11 is 0. The molecule has 0 spiro atoms. The molecule has 0 saturated carbocycles. The van der Waals surface area contributed by atoms with Crippen LogP contribution >= 0.6 is 0 Å². The zero-order valence-corrected chi connectivity index (χ0v) is 41.2. The average molecular weight is 912 g/mol. The van der Waals surface area contributed by atoms with E-state index in [0.29, 0.717) is 37.6 Å². The summed E-state index contributed by atoms with van der Waals surface area (Å²) in [6, 6.07) is 6.53. The van der Waals surface area contributed by atoms with Crippen molar-refractivity contribution in [3.05, 3.63) is 24.3 Å². The van der Waals surface area contributed by atoms with Crippen molar-refractivity contribution in [3.63, 3.8) is 0 Å². The fraction of sp³-hybridized carbons (Fsp3) is 0.854. The largest absolute Gasteiger partial charge is 0.494 e. The molecule has 0 aliphatic carbocycles. The molecule has 0 amide bonds. The van der Waals surface area contributed by atoms with Crippen molar-refractivity contribution in [1.82, 2.24) is 16.0 Å². The van der Waals surface area contributed by atoms with Gasteiger partial charge in [0.25, 0.3) is 0 Å². The summed E-state index contributed by atoms with van der Waals surface area (Å²) in [5, 5.41) is 58.4. The third-order valence-electron chi connectivity index (χ3n) is 14.1. The van der Waals surface area contributed by atoms with Crippen molar-refractivity contribution in [3.8, 4) is 11.5 Å². The number of cyclic esters (lactones) is 1. The molecule has 370 valence electrons. The lowest BCUT2D eigenvalue weighted by Gasteiger charge is -2.53. The van der Waals surface area contributed by atoms with E-state index in [-0.39, 0.29) is 43.9 Å². The Hall–Kier alpha value is -2.19. The summed E-state index contributed by atoms with van der Waals surface area (Å²) in [5.74, 6) is -1.39. The van der Waals surface area contributed by atoms with Gasteiger partial charge in [-0.2, -0.15) is 0 Å². The van der Waals surface area contributed by atoms with E-state index in [1.807, 2.05) is 72.9 Å². The molecule has 7 N–H and O–H groups in total. The summed E-state index contributed by atoms with van der Waals surface area (Å²) in [6.07, 6.45) is -6.20. The monoisotopic (exact) mass is 912 g/mol. The van der Waals surface area contributed by atoms with Crippen molar-refractivity contribution in [2.45, 2.75) is 205 Å². The average Bonchev–Trinajstić information content (AvgIpc) is 3.24. The van der Waals surface area contributed by atoms with Gasteiger partial charge < -0.3 is 74.3 Å². The molecule has 64 heavy (non-hydrogen) atoms. The first-order chi connectivity index (χ1) is 30.0. The van der Waals surface area contributed by atoms with E-state index in [1.54, 1.807) is 41.7 Å². The van der Waals surface area contributed by atoms with Crippen LogP contribution in [0, 0.1) is 17.8 Å². The molecule has 1 aromatic carbocycles. The molecule has 0 bridgehead atoms. The number of ether oxygens (including phenoxy) is 8. The van der Waals surface area contributed by atoms with Gasteiger partial charge in [0.15, 0.2) is 18.7 Å². The van der Waals surface area contributed by atoms with Gasteiger partial charge in [-0.15, -0.1) is 0 Å². The molecule has 1 aromatic rings. The SMILES string of the molecule is CCCNC[C@]1(O)[C@H](C)O[C@@H](O[C@H]2[C@H](C)[C@@H](O[C@@H]3O[C@H](C)C[C@H](NC)[C@H]3Oc3ccc(OCC)cc3)[C@](C)(O)C[C@@H](C)CN[C@H](C)[C@@H](O)[C@](C)(O)[C@@H](CC)OC(=O)[C@@H]2C)C[C@@]1(C)OC. The molecule has 16 nitrogen and oxygen atoms in total. The van der Waals surface area contributed by atoms with Crippen LogP contribution < -0.4 is 25.4 Å². The highest BCUT2D eigenvalue weighted by atomic mass is 16.7. The van der Waals surface area contributed by atoms with Gasteiger partial charge >= 0.3 is 5.97 Å². The van der Waals surface area contributed by atoms with Crippen LogP contribution in [0.15, 0.2) is 24.3 Å². The smallest absolute Gasteiger partial charge is 0.311 e. The minimum absolute atomic E-state index is 0.0925. The van der Waals surface area contributed by atoms with E-state index in [9.17, 15) is 25.2 Å². The van der Waals surface area contributed by atoms with Crippen LogP contribution in [-0.2, 0) is 33.2 Å². The van der Waals surface area contributed by atoms with E-state index in [1.165, 1.54) is 6.92 Å². The normalized spacial score (nSPS) is 43.1. The van der Waals surface area contributed by atoms with Gasteiger partial charge in [0.05, 0.1) is 48.6 Å². The summed E-state index contributed by atoms with van der Waals surface area (Å²) < 4.78 is 51.7. The summed E-state index contributed by atoms with van der Waals surface area (Å²) in [4.78, 5) is 14.6. The predicted octanol–water partition coefficient (Wildman–Crippen LogP) is 4.07. The first kappa shape index (κ1) is 54.4. The Morgan fingerprint density at radius 2 is 1.56 bits per heavy atom. The molecule has 4 rings (SSSR count). The molecule has 0 aromatic heterocycles. The number of aliphatic hydroxyl groups excluding tert-OH is 1. The maximum atomic E-state index is 14.6. The fourth-order valence-electron chi connectivity index (χ4n) is 10.1. The van der Waals surface area contributed by atoms with Crippen molar-refractivity contribution in [2.24, 2.45) is 17.8 Å². The van der Waals surface area contributed by atoms with Crippen molar-refractivity contribution < 1.29 is 63.1 Å². The number of carbonyl (C=O) groups excluding carboxylic acids is 1. The Bertz CT molecular complexity index is 1570. The molecule has 3 aliphatic heterocycles. The van der Waals surface area contributed by atoms with Crippen LogP contribution in [0.3, 0.4) is 0 Å². The molecule has 0 unspecified atom stereocenters. The Balaban J connectivity index is 1.84. The number of methoxy groups -OCH3 is 1. The second-order valence-electron chi connectivity index (χ2n) is 19.6. The van der Waals surface area contributed by atoms with Gasteiger partial charge in [0.2, 0.25) is 0 Å². The van der Waals surface area contributed by atoms with Gasteiger partial charge in [-0.3, -0.25) is 4.79 Å². The third-order valence-corrected chi connectivity index (χ3v) is 14.1. The van der Waals surface area contributed by atoms with Crippen LogP contribution in [0.4, 0.5) is 0 Å². The van der Waals surface area contributed by atoms with E-state index >= 15 is 0 Å². The van der Waals surface area contributed by atoms with Gasteiger partial charge in [-0.25, -0.2) is 0 Å². The molecule has 0 radical (unpaired) electrons. The summed E-state index contributed by atoms with van der Waals surface area (Å²) in [6.45, 7) is 23.6. The standard InChI is InChI=1S/C48H85N3O13/c1-15-22-50-27-48(56)33(9)60-38(25-46(48,11)57-14)63-39-30(6)42(64-44-40(36(49-13)23-29(5)59-44)61-35-20-18-34(19-21-35)58-17-3)45(10,54)24-28(4)26-51-32(8)41(52)47(12,55)37(16-2)62-43(53)31(39)7/h18-21,28-33,36-42,44,49-52,54-56H,15-17,22-27H2,1-14H3/t28-,29-,30+,31-,32-,33+,36+,37-,38+,39+,40-,41-,42-,44+,45-,46-,47-,48+/m1/s1. The van der Waals surface area contributed by atoms with Crippen molar-refractivity contribution >= 4 is 5.97 Å². The topological polar surface area (TPSA) is 208 Å². The van der Waals surface area contributed by atoms with Crippen LogP contribution in [0.1, 0.15) is 115 Å². The predicted molar refractivity (Wildman–Crippen MR) is 243 cm³/mol. The van der Waals surface area contributed by atoms with Gasteiger partial charge in [0, 0.05) is 32.0 Å². The lowest BCUT2D eigenvalue weighted by Crippen LogP contribution is -2.70. The number of likely N-dealkylation sites (N-methyl/N-ethyl adjacent to an activating group) is 1. The molecular weight excluding hydrogens is 827 g/mol. The minimum atomic E-state index is -1.82. The number of carbonyl (C=O) groups is 1. The zero-order chi connectivity index (χ0) is 47.8. The maximum absolute atomic E-state index is 14.6. The van der Waals surface area contributed by atoms with E-state index < -0.39 is 95.5 Å². The van der Waals surface area contributed by atoms with E-state index in [0.717, 1.165) is 6.42 Å². The number of hydrogen-bond donors (Lipinski definition) is 7. The van der Waals surface area contributed by atoms with Crippen molar-refractivity contribution in [2.75, 3.05) is 40.4 Å². The quantitative estimate of drug-likeness (QED) is 0.0978. The van der Waals surface area contributed by atoms with Crippen LogP contribution in [0.25, 0.3) is 0 Å². The molecule has 18 atom stereocenters. The number of benzene rings is 1. The first-order valence-corrected chi connectivity index (χ1v) is 23.8. The highest BCUT2D eigenvalue weighted by molar-refractivity contribution is 5.73. The molecule has 3 saturated heterocycles. The highest BCUT2D eigenvalue weighted by Gasteiger charge is 2.58. The second-order valence-corrected chi connectivity index (χ2v) is 19.6. The Morgan fingerprint density at radius 1 is 0.906 bits per heavy atom. The van der Waals surface area contributed by atoms with Gasteiger partial charge in [-0.05, 0) is 131 Å². The van der Waals surface area contributed by atoms with Crippen LogP contribution in [0.5, 0.6) is 11.5 Å². The Kier molecular flexibility index (Phi) is 19.7.